The summed E-state index contributed by atoms with van der Waals surface area (Å²) in [7, 11) is -4.40. The van der Waals surface area contributed by atoms with Crippen LogP contribution in [0.25, 0.3) is 0 Å². The first-order chi connectivity index (χ1) is 43.8. The van der Waals surface area contributed by atoms with E-state index in [4.69, 9.17) is 24.3 Å². The number of allylic oxidation sites excluding steroid dienone is 16. The normalized spacial score (nSPS) is 13.4. The highest BCUT2D eigenvalue weighted by molar-refractivity contribution is 7.47. The fourth-order valence-electron chi connectivity index (χ4n) is 10.9. The van der Waals surface area contributed by atoms with E-state index in [2.05, 4.69) is 111 Å². The fraction of sp³-hybridized carbons (Fsp3) is 0.772. The molecule has 0 aromatic carbocycles. The van der Waals surface area contributed by atoms with Crippen LogP contribution >= 0.6 is 7.82 Å². The molecule has 2 unspecified atom stereocenters. The number of ether oxygens (including phenoxy) is 2. The highest BCUT2D eigenvalue weighted by Gasteiger charge is 2.26. The van der Waals surface area contributed by atoms with Crippen LogP contribution in [-0.2, 0) is 32.7 Å². The van der Waals surface area contributed by atoms with E-state index < -0.39 is 26.5 Å². The van der Waals surface area contributed by atoms with Gasteiger partial charge in [0, 0.05) is 19.4 Å². The Balaban J connectivity index is 3.82. The molecule has 0 rings (SSSR count). The van der Waals surface area contributed by atoms with Crippen LogP contribution in [-0.4, -0.2) is 49.3 Å². The van der Waals surface area contributed by atoms with Gasteiger partial charge in [-0.1, -0.05) is 349 Å². The molecule has 89 heavy (non-hydrogen) atoms. The van der Waals surface area contributed by atoms with Gasteiger partial charge in [0.25, 0.3) is 0 Å². The third-order valence-corrected chi connectivity index (χ3v) is 17.4. The van der Waals surface area contributed by atoms with Gasteiger partial charge in [0.05, 0.1) is 13.2 Å². The van der Waals surface area contributed by atoms with Crippen LogP contribution in [0, 0.1) is 0 Å². The Hall–Kier alpha value is -3.07. The number of nitrogens with two attached hydrogens (primary N) is 1. The van der Waals surface area contributed by atoms with Gasteiger partial charge >= 0.3 is 19.8 Å². The highest BCUT2D eigenvalue weighted by atomic mass is 31.2. The zero-order valence-electron chi connectivity index (χ0n) is 58.2. The predicted octanol–water partition coefficient (Wildman–Crippen LogP) is 25.1. The summed E-state index contributed by atoms with van der Waals surface area (Å²) >= 11 is 0. The number of rotatable bonds is 71. The number of phosphoric ester groups is 1. The molecule has 516 valence electrons. The molecular weight excluding hydrogens is 1120 g/mol. The number of unbranched alkanes of at least 4 members (excludes halogenated alkanes) is 42. The molecule has 0 spiro atoms. The topological polar surface area (TPSA) is 134 Å². The summed E-state index contributed by atoms with van der Waals surface area (Å²) in [6.07, 6.45) is 101. The molecule has 0 aromatic rings. The Morgan fingerprint density at radius 2 is 0.618 bits per heavy atom. The maximum atomic E-state index is 12.8. The van der Waals surface area contributed by atoms with Crippen LogP contribution in [0.3, 0.4) is 0 Å². The Morgan fingerprint density at radius 1 is 0.348 bits per heavy atom. The minimum atomic E-state index is -4.40. The lowest BCUT2D eigenvalue weighted by atomic mass is 10.0. The zero-order valence-corrected chi connectivity index (χ0v) is 59.1. The van der Waals surface area contributed by atoms with Crippen LogP contribution in [0.2, 0.25) is 0 Å². The van der Waals surface area contributed by atoms with Crippen molar-refractivity contribution in [3.63, 3.8) is 0 Å². The van der Waals surface area contributed by atoms with Gasteiger partial charge in [-0.3, -0.25) is 18.6 Å². The smallest absolute Gasteiger partial charge is 0.462 e. The number of esters is 2. The van der Waals surface area contributed by atoms with Gasteiger partial charge < -0.3 is 20.1 Å². The Labute approximate surface area is 550 Å². The van der Waals surface area contributed by atoms with Crippen molar-refractivity contribution < 1.29 is 37.6 Å². The van der Waals surface area contributed by atoms with E-state index in [1.165, 1.54) is 250 Å². The summed E-state index contributed by atoms with van der Waals surface area (Å²) in [4.78, 5) is 35.4. The SMILES string of the molecule is CC/C=C\C/C=C\C/C=C\C/C=C\C/C=C\CCCCCCCCCCCCCCCCCCCCCCCC(=O)OC(COC(=O)CCCCCCCCCCCCCCCCCC/C=C\C/C=C\C/C=C\CCCCCCC)COP(=O)(O)OCCN. The fourth-order valence-corrected chi connectivity index (χ4v) is 11.7. The van der Waals surface area contributed by atoms with Crippen molar-refractivity contribution in [3.05, 3.63) is 97.2 Å². The number of carbonyl (C=O) groups is 2. The van der Waals surface area contributed by atoms with Crippen molar-refractivity contribution in [2.75, 3.05) is 26.4 Å². The molecular formula is C79H142NO8P. The van der Waals surface area contributed by atoms with Gasteiger partial charge in [-0.15, -0.1) is 0 Å². The number of hydrogen-bond acceptors (Lipinski definition) is 8. The molecule has 0 heterocycles. The standard InChI is InChI=1S/C79H142NO8P/c1-3-5-7-9-11-13-15-17-19-21-23-25-27-29-31-33-35-36-37-38-39-40-42-44-46-48-50-52-54-56-58-60-62-64-66-68-70-72-79(82)88-77(76-87-89(83,84)86-74-73-80)75-85-78(81)71-69-67-65-63-61-59-57-55-53-51-49-47-45-43-41-34-32-30-28-26-24-22-20-18-16-14-12-10-8-6-4-2/h5,7,11,13,16-19,22-25,28-31,77H,3-4,6,8-10,12,14-15,20-21,26-27,32-76,80H2,1-2H3,(H,83,84)/b7-5-,13-11-,18-16-,19-17-,24-22-,25-23-,30-28-,31-29-. The third-order valence-electron chi connectivity index (χ3n) is 16.5. The van der Waals surface area contributed by atoms with Crippen LogP contribution < -0.4 is 5.73 Å². The monoisotopic (exact) mass is 1260 g/mol. The molecule has 0 bridgehead atoms. The summed E-state index contributed by atoms with van der Waals surface area (Å²) in [5.74, 6) is -0.812. The minimum Gasteiger partial charge on any atom is -0.462 e. The molecule has 0 saturated carbocycles. The van der Waals surface area contributed by atoms with Gasteiger partial charge in [-0.25, -0.2) is 4.57 Å². The molecule has 0 aliphatic rings. The van der Waals surface area contributed by atoms with Crippen LogP contribution in [0.1, 0.15) is 361 Å². The molecule has 0 fully saturated rings. The molecule has 0 saturated heterocycles. The van der Waals surface area contributed by atoms with Gasteiger partial charge in [0.2, 0.25) is 0 Å². The molecule has 10 heteroatoms. The summed E-state index contributed by atoms with van der Waals surface area (Å²) in [5, 5.41) is 0. The molecule has 0 amide bonds. The molecule has 3 N–H and O–H groups in total. The molecule has 0 radical (unpaired) electrons. The zero-order chi connectivity index (χ0) is 64.4. The van der Waals surface area contributed by atoms with Crippen LogP contribution in [0.5, 0.6) is 0 Å². The Bertz CT molecular complexity index is 1780. The van der Waals surface area contributed by atoms with E-state index >= 15 is 0 Å². The molecule has 0 aliphatic heterocycles. The van der Waals surface area contributed by atoms with Crippen molar-refractivity contribution in [1.82, 2.24) is 0 Å². The van der Waals surface area contributed by atoms with Crippen LogP contribution in [0.15, 0.2) is 97.2 Å². The maximum absolute atomic E-state index is 12.8. The first-order valence-corrected chi connectivity index (χ1v) is 39.2. The quantitative estimate of drug-likeness (QED) is 0.0264. The second kappa shape index (κ2) is 74.0. The highest BCUT2D eigenvalue weighted by Crippen LogP contribution is 2.43. The molecule has 9 nitrogen and oxygen atoms in total. The second-order valence-electron chi connectivity index (χ2n) is 25.1. The largest absolute Gasteiger partial charge is 0.472 e. The first kappa shape index (κ1) is 85.9. The summed E-state index contributed by atoms with van der Waals surface area (Å²) < 4.78 is 33.2. The van der Waals surface area contributed by atoms with E-state index in [1.54, 1.807) is 0 Å². The lowest BCUT2D eigenvalue weighted by molar-refractivity contribution is -0.161. The second-order valence-corrected chi connectivity index (χ2v) is 26.6. The van der Waals surface area contributed by atoms with Crippen molar-refractivity contribution in [3.8, 4) is 0 Å². The van der Waals surface area contributed by atoms with Gasteiger partial charge in [0.15, 0.2) is 6.10 Å². The minimum absolute atomic E-state index is 0.0528. The van der Waals surface area contributed by atoms with Crippen LogP contribution in [0.4, 0.5) is 0 Å². The Kier molecular flexibility index (Phi) is 71.4. The third kappa shape index (κ3) is 73.9. The van der Waals surface area contributed by atoms with E-state index in [9.17, 15) is 19.0 Å². The van der Waals surface area contributed by atoms with E-state index in [1.807, 2.05) is 0 Å². The Morgan fingerprint density at radius 3 is 0.921 bits per heavy atom. The van der Waals surface area contributed by atoms with Gasteiger partial charge in [-0.05, 0) is 96.3 Å². The van der Waals surface area contributed by atoms with Crippen molar-refractivity contribution in [2.45, 2.75) is 367 Å². The summed E-state index contributed by atoms with van der Waals surface area (Å²) in [5.41, 5.74) is 5.41. The summed E-state index contributed by atoms with van der Waals surface area (Å²) in [6, 6.07) is 0. The van der Waals surface area contributed by atoms with Crippen molar-refractivity contribution in [2.24, 2.45) is 5.73 Å². The van der Waals surface area contributed by atoms with E-state index in [0.29, 0.717) is 6.42 Å². The number of phosphoric acid groups is 1. The van der Waals surface area contributed by atoms with Gasteiger partial charge in [0.1, 0.15) is 6.61 Å². The lowest BCUT2D eigenvalue weighted by Crippen LogP contribution is -2.29. The molecule has 2 atom stereocenters. The van der Waals surface area contributed by atoms with Crippen molar-refractivity contribution in [1.29, 1.82) is 0 Å². The van der Waals surface area contributed by atoms with Crippen molar-refractivity contribution >= 4 is 19.8 Å². The average Bonchev–Trinajstić information content (AvgIpc) is 3.68. The maximum Gasteiger partial charge on any atom is 0.472 e. The summed E-state index contributed by atoms with van der Waals surface area (Å²) in [6.45, 7) is 3.67. The number of carbonyl (C=O) groups excluding carboxylic acids is 2. The predicted molar refractivity (Wildman–Crippen MR) is 385 cm³/mol. The number of hydrogen-bond donors (Lipinski definition) is 2. The first-order valence-electron chi connectivity index (χ1n) is 37.7. The van der Waals surface area contributed by atoms with E-state index in [-0.39, 0.29) is 38.6 Å². The molecule has 0 aliphatic carbocycles. The van der Waals surface area contributed by atoms with Gasteiger partial charge in [-0.2, -0.15) is 0 Å². The van der Waals surface area contributed by atoms with E-state index in [0.717, 1.165) is 77.0 Å². The lowest BCUT2D eigenvalue weighted by Gasteiger charge is -2.19. The molecule has 0 aromatic heterocycles. The average molecular weight is 1260 g/mol.